The quantitative estimate of drug-likeness (QED) is 0.452. The summed E-state index contributed by atoms with van der Waals surface area (Å²) in [6.45, 7) is 1.34. The Morgan fingerprint density at radius 1 is 1.35 bits per heavy atom. The van der Waals surface area contributed by atoms with Gasteiger partial charge >= 0.3 is 11.9 Å². The molecule has 2 rings (SSSR count). The third kappa shape index (κ3) is 3.68. The molecule has 1 aromatic rings. The zero-order chi connectivity index (χ0) is 19.6. The van der Waals surface area contributed by atoms with Crippen molar-refractivity contribution >= 4 is 27.6 Å². The van der Waals surface area contributed by atoms with Crippen LogP contribution in [0.1, 0.15) is 30.1 Å². The first-order valence-electron chi connectivity index (χ1n) is 7.71. The lowest BCUT2D eigenvalue weighted by Crippen LogP contribution is -2.47. The van der Waals surface area contributed by atoms with E-state index in [1.165, 1.54) is 0 Å². The third-order valence-electron chi connectivity index (χ3n) is 4.34. The topological polar surface area (TPSA) is 144 Å². The molecule has 1 saturated heterocycles. The number of nitro benzene ring substituents is 1. The number of carboxylic acids is 1. The van der Waals surface area contributed by atoms with Crippen LogP contribution in [0.25, 0.3) is 0 Å². The minimum Gasteiger partial charge on any atom is -0.481 e. The molecule has 1 aliphatic rings. The molecule has 0 amide bonds. The number of hydrogen-bond acceptors (Lipinski definition) is 7. The average Bonchev–Trinajstić information content (AvgIpc) is 2.60. The van der Waals surface area contributed by atoms with Crippen LogP contribution in [0, 0.1) is 16.0 Å². The minimum absolute atomic E-state index is 0.276. The van der Waals surface area contributed by atoms with Crippen molar-refractivity contribution in [2.75, 3.05) is 13.7 Å². The maximum absolute atomic E-state index is 13.1. The fourth-order valence-corrected chi connectivity index (χ4v) is 4.76. The summed E-state index contributed by atoms with van der Waals surface area (Å²) in [5, 5.41) is 20.2. The van der Waals surface area contributed by atoms with Crippen molar-refractivity contribution in [1.29, 1.82) is 0 Å². The van der Waals surface area contributed by atoms with Crippen LogP contribution < -0.4 is 0 Å². The van der Waals surface area contributed by atoms with Gasteiger partial charge in [0, 0.05) is 24.7 Å². The monoisotopic (exact) mass is 386 g/mol. The molecule has 0 saturated carbocycles. The summed E-state index contributed by atoms with van der Waals surface area (Å²) in [4.78, 5) is 32.8. The van der Waals surface area contributed by atoms with Gasteiger partial charge in [-0.1, -0.05) is 0 Å². The molecule has 1 heterocycles. The van der Waals surface area contributed by atoms with Crippen LogP contribution in [-0.4, -0.2) is 54.4 Å². The summed E-state index contributed by atoms with van der Waals surface area (Å²) in [6.07, 6.45) is 0.639. The molecule has 0 aromatic heterocycles. The van der Waals surface area contributed by atoms with Gasteiger partial charge in [-0.3, -0.25) is 14.9 Å². The summed E-state index contributed by atoms with van der Waals surface area (Å²) in [5.74, 6) is -2.97. The van der Waals surface area contributed by atoms with E-state index in [2.05, 4.69) is 4.74 Å². The zero-order valence-corrected chi connectivity index (χ0v) is 14.9. The third-order valence-corrected chi connectivity index (χ3v) is 6.36. The van der Waals surface area contributed by atoms with E-state index < -0.39 is 49.4 Å². The van der Waals surface area contributed by atoms with E-state index in [1.807, 2.05) is 0 Å². The highest BCUT2D eigenvalue weighted by atomic mass is 32.2. The van der Waals surface area contributed by atoms with Crippen LogP contribution in [0.4, 0.5) is 5.69 Å². The number of benzene rings is 1. The summed E-state index contributed by atoms with van der Waals surface area (Å²) in [5.41, 5.74) is -0.849. The van der Waals surface area contributed by atoms with E-state index in [0.29, 0.717) is 12.8 Å². The number of carbonyl (C=O) groups excluding carboxylic acids is 1. The lowest BCUT2D eigenvalue weighted by molar-refractivity contribution is -0.385. The van der Waals surface area contributed by atoms with Gasteiger partial charge in [-0.05, 0) is 25.8 Å². The van der Waals surface area contributed by atoms with Crippen molar-refractivity contribution in [3.63, 3.8) is 0 Å². The molecule has 2 unspecified atom stereocenters. The van der Waals surface area contributed by atoms with Gasteiger partial charge in [-0.2, -0.15) is 4.31 Å². The fraction of sp³-hybridized carbons (Fsp3) is 0.467. The van der Waals surface area contributed by atoms with Crippen LogP contribution in [0.15, 0.2) is 23.1 Å². The first-order chi connectivity index (χ1) is 12.1. The van der Waals surface area contributed by atoms with Crippen molar-refractivity contribution in [2.24, 2.45) is 5.92 Å². The Morgan fingerprint density at radius 2 is 2.00 bits per heavy atom. The second-order valence-corrected chi connectivity index (χ2v) is 7.82. The Labute approximate surface area is 149 Å². The molecule has 0 spiro atoms. The number of esters is 1. The van der Waals surface area contributed by atoms with Crippen LogP contribution >= 0.6 is 0 Å². The van der Waals surface area contributed by atoms with Gasteiger partial charge in [0.25, 0.3) is 5.69 Å². The van der Waals surface area contributed by atoms with Gasteiger partial charge < -0.3 is 9.84 Å². The van der Waals surface area contributed by atoms with Crippen molar-refractivity contribution in [3.05, 3.63) is 33.9 Å². The van der Waals surface area contributed by atoms with Crippen LogP contribution in [0.3, 0.4) is 0 Å². The van der Waals surface area contributed by atoms with Crippen molar-refractivity contribution < 1.29 is 32.8 Å². The SMILES string of the molecule is COC(=O)c1ccc([N+](=O)[O-])cc1S(=O)(=O)N1CC(C(=O)O)CCC1C. The van der Waals surface area contributed by atoms with Gasteiger partial charge in [-0.25, -0.2) is 13.2 Å². The average molecular weight is 386 g/mol. The molecule has 1 aromatic carbocycles. The normalized spacial score (nSPS) is 21.2. The van der Waals surface area contributed by atoms with E-state index in [4.69, 9.17) is 0 Å². The van der Waals surface area contributed by atoms with Crippen LogP contribution in [0.2, 0.25) is 0 Å². The Kier molecular flexibility index (Phi) is 5.62. The van der Waals surface area contributed by atoms with Crippen molar-refractivity contribution in [2.45, 2.75) is 30.7 Å². The van der Waals surface area contributed by atoms with Crippen LogP contribution in [0.5, 0.6) is 0 Å². The number of non-ortho nitro benzene ring substituents is 1. The standard InChI is InChI=1S/C15H18N2O8S/c1-9-3-4-10(14(18)19)8-16(9)26(23,24)13-7-11(17(21)22)5-6-12(13)15(20)25-2/h5-7,9-10H,3-4,8H2,1-2H3,(H,18,19). The van der Waals surface area contributed by atoms with Gasteiger partial charge in [-0.15, -0.1) is 0 Å². The van der Waals surface area contributed by atoms with Gasteiger partial charge in [0.1, 0.15) is 4.90 Å². The molecule has 26 heavy (non-hydrogen) atoms. The number of nitrogens with zero attached hydrogens (tertiary/aromatic N) is 2. The smallest absolute Gasteiger partial charge is 0.339 e. The van der Waals surface area contributed by atoms with Gasteiger partial charge in [0.2, 0.25) is 10.0 Å². The number of aliphatic carboxylic acids is 1. The molecule has 2 atom stereocenters. The second-order valence-electron chi connectivity index (χ2n) is 5.97. The number of carbonyl (C=O) groups is 2. The number of piperidine rings is 1. The molecule has 1 fully saturated rings. The van der Waals surface area contributed by atoms with Crippen LogP contribution in [-0.2, 0) is 19.6 Å². The Bertz CT molecular complexity index is 851. The van der Waals surface area contributed by atoms with E-state index in [9.17, 15) is 33.2 Å². The van der Waals surface area contributed by atoms with Gasteiger partial charge in [0.15, 0.2) is 0 Å². The van der Waals surface area contributed by atoms with E-state index in [0.717, 1.165) is 29.6 Å². The molecule has 10 nitrogen and oxygen atoms in total. The number of ether oxygens (including phenoxy) is 1. The molecule has 11 heteroatoms. The highest BCUT2D eigenvalue weighted by molar-refractivity contribution is 7.89. The maximum Gasteiger partial charge on any atom is 0.339 e. The lowest BCUT2D eigenvalue weighted by atomic mass is 9.96. The molecule has 0 aliphatic carbocycles. The Morgan fingerprint density at radius 3 is 2.54 bits per heavy atom. The molecule has 142 valence electrons. The predicted octanol–water partition coefficient (Wildman–Crippen LogP) is 1.26. The maximum atomic E-state index is 13.1. The summed E-state index contributed by atoms with van der Waals surface area (Å²) in [7, 11) is -3.30. The van der Waals surface area contributed by atoms with E-state index >= 15 is 0 Å². The molecular weight excluding hydrogens is 368 g/mol. The number of hydrogen-bond donors (Lipinski definition) is 1. The zero-order valence-electron chi connectivity index (χ0n) is 14.1. The Hall–Kier alpha value is -2.53. The molecule has 1 aliphatic heterocycles. The summed E-state index contributed by atoms with van der Waals surface area (Å²) >= 11 is 0. The predicted molar refractivity (Wildman–Crippen MR) is 88.1 cm³/mol. The molecule has 1 N–H and O–H groups in total. The summed E-state index contributed by atoms with van der Waals surface area (Å²) < 4.78 is 31.7. The minimum atomic E-state index is -4.35. The van der Waals surface area contributed by atoms with Crippen molar-refractivity contribution in [3.8, 4) is 0 Å². The molecule has 0 radical (unpaired) electrons. The molecule has 0 bridgehead atoms. The number of rotatable bonds is 5. The van der Waals surface area contributed by atoms with Gasteiger partial charge in [0.05, 0.1) is 23.5 Å². The van der Waals surface area contributed by atoms with E-state index in [1.54, 1.807) is 6.92 Å². The molecular formula is C15H18N2O8S. The lowest BCUT2D eigenvalue weighted by Gasteiger charge is -2.35. The highest BCUT2D eigenvalue weighted by Gasteiger charge is 2.39. The fourth-order valence-electron chi connectivity index (χ4n) is 2.85. The highest BCUT2D eigenvalue weighted by Crippen LogP contribution is 2.31. The first kappa shape index (κ1) is 19.8. The largest absolute Gasteiger partial charge is 0.481 e. The summed E-state index contributed by atoms with van der Waals surface area (Å²) in [6, 6.07) is 2.30. The Balaban J connectivity index is 2.59. The number of carboxylic acid groups (broad SMARTS) is 1. The van der Waals surface area contributed by atoms with E-state index in [-0.39, 0.29) is 12.1 Å². The van der Waals surface area contributed by atoms with Crippen molar-refractivity contribution in [1.82, 2.24) is 4.31 Å². The number of methoxy groups -OCH3 is 1. The number of nitro groups is 1. The first-order valence-corrected chi connectivity index (χ1v) is 9.15. The second kappa shape index (κ2) is 7.38. The number of sulfonamides is 1.